The van der Waals surface area contributed by atoms with Gasteiger partial charge in [-0.3, -0.25) is 0 Å². The zero-order chi connectivity index (χ0) is 22.9. The van der Waals surface area contributed by atoms with E-state index in [1.54, 1.807) is 24.5 Å². The highest BCUT2D eigenvalue weighted by Gasteiger charge is 2.31. The second-order valence-corrected chi connectivity index (χ2v) is 8.93. The number of anilines is 2. The number of aromatic nitrogens is 5. The molecule has 0 saturated heterocycles. The third-order valence-electron chi connectivity index (χ3n) is 6.69. The fourth-order valence-corrected chi connectivity index (χ4v) is 4.71. The first-order chi connectivity index (χ1) is 16.7. The number of nitrogens with one attached hydrogen (secondary N) is 2. The van der Waals surface area contributed by atoms with E-state index in [0.717, 1.165) is 66.5 Å². The van der Waals surface area contributed by atoms with E-state index in [1.165, 1.54) is 18.6 Å². The minimum Gasteiger partial charge on any atom is -0.368 e. The lowest BCUT2D eigenvalue weighted by atomic mass is 9.93. The molecule has 8 heteroatoms. The first kappa shape index (κ1) is 20.8. The van der Waals surface area contributed by atoms with E-state index in [9.17, 15) is 4.39 Å². The SMILES string of the molecule is Fc1ccc(-c2nc3n(c2-c2ccnc(NC4CCC4)n2)C(CNc2ccccn2)CC3)cc1. The van der Waals surface area contributed by atoms with Crippen molar-refractivity contribution in [2.24, 2.45) is 0 Å². The maximum atomic E-state index is 13.7. The van der Waals surface area contributed by atoms with Gasteiger partial charge in [-0.1, -0.05) is 6.07 Å². The molecule has 4 aromatic rings. The van der Waals surface area contributed by atoms with Gasteiger partial charge in [0.05, 0.1) is 23.1 Å². The quantitative estimate of drug-likeness (QED) is 0.403. The number of hydrogen-bond acceptors (Lipinski definition) is 6. The van der Waals surface area contributed by atoms with Gasteiger partial charge in [-0.05, 0) is 68.1 Å². The van der Waals surface area contributed by atoms with Crippen molar-refractivity contribution in [2.75, 3.05) is 17.2 Å². The standard InChI is InChI=1S/C26H26FN7/c27-18-9-7-17(8-10-18)24-25(21-13-15-29-26(32-21)31-19-4-3-5-19)34-20(11-12-23(34)33-24)16-30-22-6-1-2-14-28-22/h1-2,6-10,13-15,19-20H,3-5,11-12,16H2,(H,28,30)(H,29,31,32). The summed E-state index contributed by atoms with van der Waals surface area (Å²) in [6, 6.07) is 15.0. The third-order valence-corrected chi connectivity index (χ3v) is 6.69. The van der Waals surface area contributed by atoms with E-state index in [0.29, 0.717) is 12.0 Å². The number of fused-ring (bicyclic) bond motifs is 1. The predicted octanol–water partition coefficient (Wildman–Crippen LogP) is 5.11. The summed E-state index contributed by atoms with van der Waals surface area (Å²) in [4.78, 5) is 18.7. The topological polar surface area (TPSA) is 80.5 Å². The van der Waals surface area contributed by atoms with Crippen molar-refractivity contribution in [1.82, 2.24) is 24.5 Å². The van der Waals surface area contributed by atoms with Crippen LogP contribution in [0.5, 0.6) is 0 Å². The Kier molecular flexibility index (Phi) is 5.41. The molecule has 1 unspecified atom stereocenters. The molecule has 7 nitrogen and oxygen atoms in total. The molecule has 0 amide bonds. The molecule has 1 aliphatic carbocycles. The Bertz CT molecular complexity index is 1280. The van der Waals surface area contributed by atoms with Crippen molar-refractivity contribution in [3.8, 4) is 22.6 Å². The monoisotopic (exact) mass is 455 g/mol. The lowest BCUT2D eigenvalue weighted by Crippen LogP contribution is -2.28. The highest BCUT2D eigenvalue weighted by Crippen LogP contribution is 2.39. The Morgan fingerprint density at radius 3 is 2.59 bits per heavy atom. The van der Waals surface area contributed by atoms with E-state index in [4.69, 9.17) is 9.97 Å². The molecule has 4 heterocycles. The predicted molar refractivity (Wildman–Crippen MR) is 130 cm³/mol. The van der Waals surface area contributed by atoms with Gasteiger partial charge in [-0.15, -0.1) is 0 Å². The van der Waals surface area contributed by atoms with Crippen molar-refractivity contribution in [3.63, 3.8) is 0 Å². The highest BCUT2D eigenvalue weighted by molar-refractivity contribution is 5.78. The van der Waals surface area contributed by atoms with E-state index in [1.807, 2.05) is 24.3 Å². The van der Waals surface area contributed by atoms with Crippen molar-refractivity contribution in [2.45, 2.75) is 44.2 Å². The molecule has 6 rings (SSSR count). The van der Waals surface area contributed by atoms with Gasteiger partial charge in [0.15, 0.2) is 0 Å². The fourth-order valence-electron chi connectivity index (χ4n) is 4.71. The number of benzene rings is 1. The van der Waals surface area contributed by atoms with Gasteiger partial charge in [0.25, 0.3) is 0 Å². The lowest BCUT2D eigenvalue weighted by Gasteiger charge is -2.26. The summed E-state index contributed by atoms with van der Waals surface area (Å²) in [6.07, 6.45) is 8.99. The van der Waals surface area contributed by atoms with Crippen LogP contribution in [0.25, 0.3) is 22.6 Å². The fraction of sp³-hybridized carbons (Fsp3) is 0.308. The Hall–Kier alpha value is -3.81. The van der Waals surface area contributed by atoms with Gasteiger partial charge in [0.1, 0.15) is 17.5 Å². The zero-order valence-corrected chi connectivity index (χ0v) is 18.8. The zero-order valence-electron chi connectivity index (χ0n) is 18.8. The Morgan fingerprint density at radius 2 is 1.82 bits per heavy atom. The lowest BCUT2D eigenvalue weighted by molar-refractivity contribution is 0.443. The Morgan fingerprint density at radius 1 is 0.941 bits per heavy atom. The number of hydrogen-bond donors (Lipinski definition) is 2. The van der Waals surface area contributed by atoms with Gasteiger partial charge in [0, 0.05) is 37.0 Å². The third kappa shape index (κ3) is 4.00. The summed E-state index contributed by atoms with van der Waals surface area (Å²) < 4.78 is 16.0. The van der Waals surface area contributed by atoms with Gasteiger partial charge >= 0.3 is 0 Å². The van der Waals surface area contributed by atoms with Gasteiger partial charge in [0.2, 0.25) is 5.95 Å². The summed E-state index contributed by atoms with van der Waals surface area (Å²) in [5.41, 5.74) is 3.47. The van der Waals surface area contributed by atoms with Crippen molar-refractivity contribution in [1.29, 1.82) is 0 Å². The molecule has 0 bridgehead atoms. The summed E-state index contributed by atoms with van der Waals surface area (Å²) in [5, 5.41) is 6.91. The molecule has 0 spiro atoms. The van der Waals surface area contributed by atoms with Crippen LogP contribution in [0.1, 0.15) is 37.5 Å². The Balaban J connectivity index is 1.40. The van der Waals surface area contributed by atoms with Crippen LogP contribution in [-0.4, -0.2) is 37.1 Å². The van der Waals surface area contributed by atoms with Crippen LogP contribution in [-0.2, 0) is 6.42 Å². The molecule has 2 aliphatic rings. The number of aryl methyl sites for hydroxylation is 1. The van der Waals surface area contributed by atoms with Gasteiger partial charge < -0.3 is 15.2 Å². The molecule has 0 radical (unpaired) electrons. The minimum absolute atomic E-state index is 0.201. The maximum Gasteiger partial charge on any atom is 0.223 e. The van der Waals surface area contributed by atoms with E-state index < -0.39 is 0 Å². The normalized spacial score (nSPS) is 17.3. The largest absolute Gasteiger partial charge is 0.368 e. The van der Waals surface area contributed by atoms with Crippen molar-refractivity contribution < 1.29 is 4.39 Å². The van der Waals surface area contributed by atoms with Crippen LogP contribution in [0.3, 0.4) is 0 Å². The first-order valence-electron chi connectivity index (χ1n) is 11.9. The molecule has 1 atom stereocenters. The molecular formula is C26H26FN7. The van der Waals surface area contributed by atoms with Crippen molar-refractivity contribution >= 4 is 11.8 Å². The maximum absolute atomic E-state index is 13.7. The average molecular weight is 456 g/mol. The molecule has 2 N–H and O–H groups in total. The number of imidazole rings is 1. The molecule has 1 fully saturated rings. The molecular weight excluding hydrogens is 429 g/mol. The van der Waals surface area contributed by atoms with Crippen molar-refractivity contribution in [3.05, 3.63) is 72.6 Å². The smallest absolute Gasteiger partial charge is 0.223 e. The van der Waals surface area contributed by atoms with E-state index >= 15 is 0 Å². The summed E-state index contributed by atoms with van der Waals surface area (Å²) in [5.74, 6) is 2.26. The molecule has 3 aromatic heterocycles. The van der Waals surface area contributed by atoms with E-state index in [2.05, 4.69) is 25.2 Å². The van der Waals surface area contributed by atoms with Crippen LogP contribution in [0.2, 0.25) is 0 Å². The number of halogens is 1. The number of nitrogens with zero attached hydrogens (tertiary/aromatic N) is 5. The molecule has 1 aliphatic heterocycles. The van der Waals surface area contributed by atoms with Crippen LogP contribution >= 0.6 is 0 Å². The molecule has 1 saturated carbocycles. The number of pyridine rings is 1. The summed E-state index contributed by atoms with van der Waals surface area (Å²) in [7, 11) is 0. The first-order valence-corrected chi connectivity index (χ1v) is 11.9. The second kappa shape index (κ2) is 8.85. The molecule has 34 heavy (non-hydrogen) atoms. The molecule has 172 valence electrons. The van der Waals surface area contributed by atoms with Gasteiger partial charge in [-0.2, -0.15) is 0 Å². The van der Waals surface area contributed by atoms with Crippen LogP contribution in [0.15, 0.2) is 60.9 Å². The second-order valence-electron chi connectivity index (χ2n) is 8.93. The Labute approximate surface area is 197 Å². The molecule has 1 aromatic carbocycles. The minimum atomic E-state index is -0.261. The highest BCUT2D eigenvalue weighted by atomic mass is 19.1. The van der Waals surface area contributed by atoms with E-state index in [-0.39, 0.29) is 11.9 Å². The average Bonchev–Trinajstić information content (AvgIpc) is 3.41. The van der Waals surface area contributed by atoms with Gasteiger partial charge in [-0.25, -0.2) is 24.3 Å². The van der Waals surface area contributed by atoms with Crippen LogP contribution < -0.4 is 10.6 Å². The number of rotatable bonds is 7. The summed E-state index contributed by atoms with van der Waals surface area (Å²) in [6.45, 7) is 0.731. The van der Waals surface area contributed by atoms with Crippen LogP contribution in [0, 0.1) is 5.82 Å². The summed E-state index contributed by atoms with van der Waals surface area (Å²) >= 11 is 0. The van der Waals surface area contributed by atoms with Crippen LogP contribution in [0.4, 0.5) is 16.2 Å².